The minimum absolute atomic E-state index is 0.0872. The molecule has 0 amide bonds. The first-order valence-electron chi connectivity index (χ1n) is 5.51. The third-order valence-corrected chi connectivity index (χ3v) is 2.81. The van der Waals surface area contributed by atoms with Crippen molar-refractivity contribution in [2.24, 2.45) is 0 Å². The highest BCUT2D eigenvalue weighted by Crippen LogP contribution is 2.29. The van der Waals surface area contributed by atoms with Crippen LogP contribution in [0.15, 0.2) is 24.3 Å². The summed E-state index contributed by atoms with van der Waals surface area (Å²) >= 11 is 0. The van der Waals surface area contributed by atoms with Crippen LogP contribution in [0.3, 0.4) is 0 Å². The van der Waals surface area contributed by atoms with Crippen LogP contribution >= 0.6 is 0 Å². The van der Waals surface area contributed by atoms with Crippen molar-refractivity contribution in [3.63, 3.8) is 0 Å². The van der Waals surface area contributed by atoms with E-state index >= 15 is 0 Å². The van der Waals surface area contributed by atoms with E-state index in [1.807, 2.05) is 18.2 Å². The van der Waals surface area contributed by atoms with Gasteiger partial charge in [0.05, 0.1) is 12.7 Å². The lowest BCUT2D eigenvalue weighted by molar-refractivity contribution is -0.125. The standard InChI is InChI=1S/C13H16O3/c1-15-9-11(14)8-13-12-5-3-2-4-10(12)6-7-16-13/h2-5,13H,6-9H2,1H3. The topological polar surface area (TPSA) is 35.5 Å². The predicted molar refractivity (Wildman–Crippen MR) is 60.3 cm³/mol. The number of hydrogen-bond donors (Lipinski definition) is 0. The Hall–Kier alpha value is -1.19. The molecule has 0 saturated carbocycles. The highest BCUT2D eigenvalue weighted by Gasteiger charge is 2.22. The number of carbonyl (C=O) groups excluding carboxylic acids is 1. The molecule has 86 valence electrons. The van der Waals surface area contributed by atoms with Gasteiger partial charge < -0.3 is 9.47 Å². The molecule has 0 aromatic heterocycles. The molecule has 0 aliphatic carbocycles. The van der Waals surface area contributed by atoms with E-state index in [-0.39, 0.29) is 18.5 Å². The Balaban J connectivity index is 2.10. The lowest BCUT2D eigenvalue weighted by atomic mass is 9.95. The number of fused-ring (bicyclic) bond motifs is 1. The van der Waals surface area contributed by atoms with Crippen molar-refractivity contribution in [3.05, 3.63) is 35.4 Å². The summed E-state index contributed by atoms with van der Waals surface area (Å²) in [6.45, 7) is 0.865. The Bertz CT molecular complexity index is 373. The highest BCUT2D eigenvalue weighted by molar-refractivity contribution is 5.80. The summed E-state index contributed by atoms with van der Waals surface area (Å²) in [4.78, 5) is 11.5. The number of Topliss-reactive ketones (excluding diaryl/α,β-unsaturated/α-hetero) is 1. The van der Waals surface area contributed by atoms with Crippen LogP contribution in [0.25, 0.3) is 0 Å². The van der Waals surface area contributed by atoms with Gasteiger partial charge in [0.15, 0.2) is 5.78 Å². The number of ketones is 1. The minimum atomic E-state index is -0.0902. The number of methoxy groups -OCH3 is 1. The zero-order valence-corrected chi connectivity index (χ0v) is 9.44. The van der Waals surface area contributed by atoms with Gasteiger partial charge in [0.2, 0.25) is 0 Å². The van der Waals surface area contributed by atoms with Gasteiger partial charge in [0, 0.05) is 13.5 Å². The Morgan fingerprint density at radius 2 is 2.31 bits per heavy atom. The maximum atomic E-state index is 11.5. The molecule has 0 saturated heterocycles. The molecule has 16 heavy (non-hydrogen) atoms. The monoisotopic (exact) mass is 220 g/mol. The van der Waals surface area contributed by atoms with E-state index in [2.05, 4.69) is 6.07 Å². The Morgan fingerprint density at radius 1 is 1.50 bits per heavy atom. The Labute approximate surface area is 95.4 Å². The van der Waals surface area contributed by atoms with Crippen molar-refractivity contribution in [2.75, 3.05) is 20.3 Å². The number of ether oxygens (including phenoxy) is 2. The molecule has 1 atom stereocenters. The lowest BCUT2D eigenvalue weighted by Gasteiger charge is -2.25. The molecule has 0 N–H and O–H groups in total. The molecule has 0 radical (unpaired) electrons. The third-order valence-electron chi connectivity index (χ3n) is 2.81. The van der Waals surface area contributed by atoms with Crippen LogP contribution in [0.5, 0.6) is 0 Å². The first-order valence-corrected chi connectivity index (χ1v) is 5.51. The van der Waals surface area contributed by atoms with Gasteiger partial charge in [-0.1, -0.05) is 24.3 Å². The van der Waals surface area contributed by atoms with E-state index in [0.717, 1.165) is 12.0 Å². The average molecular weight is 220 g/mol. The fourth-order valence-electron chi connectivity index (χ4n) is 2.07. The van der Waals surface area contributed by atoms with Gasteiger partial charge in [-0.15, -0.1) is 0 Å². The van der Waals surface area contributed by atoms with E-state index in [4.69, 9.17) is 9.47 Å². The van der Waals surface area contributed by atoms with Crippen LogP contribution < -0.4 is 0 Å². The van der Waals surface area contributed by atoms with Crippen LogP contribution in [0.4, 0.5) is 0 Å². The molecule has 1 aromatic rings. The quantitative estimate of drug-likeness (QED) is 0.777. The molecular weight excluding hydrogens is 204 g/mol. The molecule has 1 aliphatic rings. The van der Waals surface area contributed by atoms with Crippen molar-refractivity contribution in [1.82, 2.24) is 0 Å². The fourth-order valence-corrected chi connectivity index (χ4v) is 2.07. The first kappa shape index (κ1) is 11.3. The predicted octanol–water partition coefficient (Wildman–Crippen LogP) is 1.91. The molecule has 1 aromatic carbocycles. The van der Waals surface area contributed by atoms with Crippen molar-refractivity contribution in [2.45, 2.75) is 18.9 Å². The Morgan fingerprint density at radius 3 is 3.12 bits per heavy atom. The zero-order valence-electron chi connectivity index (χ0n) is 9.44. The fraction of sp³-hybridized carbons (Fsp3) is 0.462. The molecule has 0 fully saturated rings. The summed E-state index contributed by atoms with van der Waals surface area (Å²) in [7, 11) is 1.54. The number of hydrogen-bond acceptors (Lipinski definition) is 3. The molecule has 2 rings (SSSR count). The maximum absolute atomic E-state index is 11.5. The van der Waals surface area contributed by atoms with E-state index in [1.54, 1.807) is 0 Å². The molecule has 1 aliphatic heterocycles. The second kappa shape index (κ2) is 5.23. The zero-order chi connectivity index (χ0) is 11.4. The summed E-state index contributed by atoms with van der Waals surface area (Å²) in [6, 6.07) is 8.16. The summed E-state index contributed by atoms with van der Waals surface area (Å²) in [5.41, 5.74) is 2.45. The maximum Gasteiger partial charge on any atom is 0.161 e. The largest absolute Gasteiger partial charge is 0.377 e. The van der Waals surface area contributed by atoms with E-state index in [0.29, 0.717) is 13.0 Å². The van der Waals surface area contributed by atoms with Gasteiger partial charge in [0.25, 0.3) is 0 Å². The van der Waals surface area contributed by atoms with Crippen molar-refractivity contribution in [3.8, 4) is 0 Å². The summed E-state index contributed by atoms with van der Waals surface area (Å²) in [6.07, 6.45) is 1.25. The number of carbonyl (C=O) groups is 1. The minimum Gasteiger partial charge on any atom is -0.377 e. The second-order valence-electron chi connectivity index (χ2n) is 3.98. The number of rotatable bonds is 4. The summed E-state index contributed by atoms with van der Waals surface area (Å²) < 4.78 is 10.5. The van der Waals surface area contributed by atoms with Gasteiger partial charge in [-0.2, -0.15) is 0 Å². The van der Waals surface area contributed by atoms with Crippen LogP contribution in [-0.2, 0) is 20.7 Å². The smallest absolute Gasteiger partial charge is 0.161 e. The molecule has 3 heteroatoms. The van der Waals surface area contributed by atoms with Crippen molar-refractivity contribution in [1.29, 1.82) is 0 Å². The van der Waals surface area contributed by atoms with Gasteiger partial charge >= 0.3 is 0 Å². The van der Waals surface area contributed by atoms with Gasteiger partial charge in [-0.05, 0) is 17.5 Å². The molecule has 3 nitrogen and oxygen atoms in total. The molecule has 0 bridgehead atoms. The van der Waals surface area contributed by atoms with Crippen molar-refractivity contribution < 1.29 is 14.3 Å². The SMILES string of the molecule is COCC(=O)CC1OCCc2ccccc21. The van der Waals surface area contributed by atoms with Crippen molar-refractivity contribution >= 4 is 5.78 Å². The highest BCUT2D eigenvalue weighted by atomic mass is 16.5. The van der Waals surface area contributed by atoms with E-state index in [9.17, 15) is 4.79 Å². The molecule has 1 unspecified atom stereocenters. The van der Waals surface area contributed by atoms with Crippen LogP contribution in [0.1, 0.15) is 23.7 Å². The Kier molecular flexibility index (Phi) is 3.70. The molecule has 0 spiro atoms. The van der Waals surface area contributed by atoms with Crippen LogP contribution in [-0.4, -0.2) is 26.1 Å². The number of benzene rings is 1. The summed E-state index contributed by atoms with van der Waals surface area (Å²) in [5, 5.41) is 0. The van der Waals surface area contributed by atoms with Crippen LogP contribution in [0.2, 0.25) is 0 Å². The normalized spacial score (nSPS) is 19.2. The first-order chi connectivity index (χ1) is 7.81. The average Bonchev–Trinajstić information content (AvgIpc) is 2.30. The van der Waals surface area contributed by atoms with Gasteiger partial charge in [0.1, 0.15) is 6.61 Å². The van der Waals surface area contributed by atoms with Crippen LogP contribution in [0, 0.1) is 0 Å². The van der Waals surface area contributed by atoms with Gasteiger partial charge in [-0.25, -0.2) is 0 Å². The van der Waals surface area contributed by atoms with E-state index in [1.165, 1.54) is 12.7 Å². The third kappa shape index (κ3) is 2.49. The molecular formula is C13H16O3. The lowest BCUT2D eigenvalue weighted by Crippen LogP contribution is -2.20. The summed E-state index contributed by atoms with van der Waals surface area (Å²) in [5.74, 6) is 0.0872. The second-order valence-corrected chi connectivity index (χ2v) is 3.98. The van der Waals surface area contributed by atoms with E-state index < -0.39 is 0 Å². The van der Waals surface area contributed by atoms with Gasteiger partial charge in [-0.3, -0.25) is 4.79 Å². The molecule has 1 heterocycles.